The van der Waals surface area contributed by atoms with Gasteiger partial charge < -0.3 is 14.5 Å². The number of hydrogen-bond donors (Lipinski definition) is 0. The number of allylic oxidation sites excluding steroid dienone is 2. The minimum Gasteiger partial charge on any atom is -0.444 e. The summed E-state index contributed by atoms with van der Waals surface area (Å²) in [6.45, 7) is 10.9. The molecule has 122 valence electrons. The van der Waals surface area contributed by atoms with Crippen molar-refractivity contribution >= 4 is 11.8 Å². The summed E-state index contributed by atoms with van der Waals surface area (Å²) in [6.07, 6.45) is 7.79. The molecule has 5 nitrogen and oxygen atoms in total. The van der Waals surface area contributed by atoms with Crippen molar-refractivity contribution in [1.29, 1.82) is 0 Å². The van der Waals surface area contributed by atoms with Crippen LogP contribution in [0.1, 0.15) is 40.5 Å². The lowest BCUT2D eigenvalue weighted by Gasteiger charge is -2.37. The van der Waals surface area contributed by atoms with Crippen LogP contribution in [-0.2, 0) is 4.74 Å². The van der Waals surface area contributed by atoms with E-state index >= 15 is 0 Å². The van der Waals surface area contributed by atoms with Crippen molar-refractivity contribution in [1.82, 2.24) is 9.80 Å². The highest BCUT2D eigenvalue weighted by atomic mass is 16.6. The first-order chi connectivity index (χ1) is 10.4. The third-order valence-electron chi connectivity index (χ3n) is 3.71. The molecule has 0 spiro atoms. The molecule has 0 aromatic rings. The summed E-state index contributed by atoms with van der Waals surface area (Å²) in [5.74, 6) is 0. The smallest absolute Gasteiger partial charge is 0.410 e. The average molecular weight is 305 g/mol. The predicted octanol–water partition coefficient (Wildman–Crippen LogP) is 3.19. The molecule has 1 fully saturated rings. The zero-order chi connectivity index (χ0) is 16.2. The first-order valence-corrected chi connectivity index (χ1v) is 8.04. The highest BCUT2D eigenvalue weighted by Gasteiger charge is 2.26. The number of piperazine rings is 1. The van der Waals surface area contributed by atoms with Gasteiger partial charge in [-0.3, -0.25) is 4.99 Å². The molecule has 0 N–H and O–H groups in total. The van der Waals surface area contributed by atoms with E-state index in [1.165, 1.54) is 5.70 Å². The van der Waals surface area contributed by atoms with Crippen LogP contribution < -0.4 is 0 Å². The van der Waals surface area contributed by atoms with Gasteiger partial charge in [-0.25, -0.2) is 4.79 Å². The van der Waals surface area contributed by atoms with E-state index < -0.39 is 5.60 Å². The number of carbonyl (C=O) groups excluding carboxylic acids is 1. The maximum atomic E-state index is 12.1. The van der Waals surface area contributed by atoms with E-state index in [2.05, 4.69) is 29.0 Å². The van der Waals surface area contributed by atoms with Crippen LogP contribution >= 0.6 is 0 Å². The molecule has 2 rings (SSSR count). The van der Waals surface area contributed by atoms with Gasteiger partial charge in [-0.15, -0.1) is 0 Å². The second-order valence-electron chi connectivity index (χ2n) is 6.65. The monoisotopic (exact) mass is 305 g/mol. The number of nitrogens with zero attached hydrogens (tertiary/aromatic N) is 3. The molecule has 0 aromatic carbocycles. The third kappa shape index (κ3) is 4.61. The fraction of sp³-hybridized carbons (Fsp3) is 0.647. The summed E-state index contributed by atoms with van der Waals surface area (Å²) >= 11 is 0. The summed E-state index contributed by atoms with van der Waals surface area (Å²) in [6, 6.07) is 0. The van der Waals surface area contributed by atoms with Crippen LogP contribution in [0.4, 0.5) is 4.79 Å². The standard InChI is InChI=1S/C17H27N3O2/c1-5-14-13-15(7-6-8-18-14)19-9-11-20(12-10-19)16(21)22-17(2,3)4/h6,8,13H,5,7,9-12H2,1-4H3. The number of rotatable bonds is 2. The van der Waals surface area contributed by atoms with E-state index in [4.69, 9.17) is 4.74 Å². The molecule has 1 amide bonds. The average Bonchev–Trinajstić information content (AvgIpc) is 2.71. The summed E-state index contributed by atoms with van der Waals surface area (Å²) in [5.41, 5.74) is 1.96. The van der Waals surface area contributed by atoms with Crippen molar-refractivity contribution in [2.24, 2.45) is 4.99 Å². The molecule has 0 atom stereocenters. The zero-order valence-corrected chi connectivity index (χ0v) is 14.1. The maximum absolute atomic E-state index is 12.1. The summed E-state index contributed by atoms with van der Waals surface area (Å²) in [5, 5.41) is 0. The van der Waals surface area contributed by atoms with E-state index in [1.807, 2.05) is 27.0 Å². The van der Waals surface area contributed by atoms with Gasteiger partial charge in [-0.05, 0) is 33.3 Å². The Bertz CT molecular complexity index is 493. The summed E-state index contributed by atoms with van der Waals surface area (Å²) in [7, 11) is 0. The minimum absolute atomic E-state index is 0.210. The van der Waals surface area contributed by atoms with Crippen LogP contribution in [0.25, 0.3) is 0 Å². The van der Waals surface area contributed by atoms with Gasteiger partial charge in [-0.2, -0.15) is 0 Å². The van der Waals surface area contributed by atoms with Crippen LogP contribution in [0, 0.1) is 0 Å². The van der Waals surface area contributed by atoms with Gasteiger partial charge in [0.15, 0.2) is 0 Å². The molecule has 0 radical (unpaired) electrons. The van der Waals surface area contributed by atoms with Crippen molar-refractivity contribution in [3.63, 3.8) is 0 Å². The Hall–Kier alpha value is -1.78. The molecule has 2 aliphatic heterocycles. The first-order valence-electron chi connectivity index (χ1n) is 8.04. The second-order valence-corrected chi connectivity index (χ2v) is 6.65. The van der Waals surface area contributed by atoms with Crippen LogP contribution in [0.2, 0.25) is 0 Å². The van der Waals surface area contributed by atoms with Crippen molar-refractivity contribution in [2.75, 3.05) is 26.2 Å². The lowest BCUT2D eigenvalue weighted by atomic mass is 10.1. The predicted molar refractivity (Wildman–Crippen MR) is 88.9 cm³/mol. The Balaban J connectivity index is 1.92. The molecule has 1 saturated heterocycles. The molecule has 2 aliphatic rings. The van der Waals surface area contributed by atoms with Crippen molar-refractivity contribution in [3.05, 3.63) is 24.0 Å². The van der Waals surface area contributed by atoms with Gasteiger partial charge in [0.2, 0.25) is 0 Å². The highest BCUT2D eigenvalue weighted by Crippen LogP contribution is 2.18. The van der Waals surface area contributed by atoms with Gasteiger partial charge >= 0.3 is 6.09 Å². The van der Waals surface area contributed by atoms with Gasteiger partial charge in [0.05, 0.1) is 0 Å². The van der Waals surface area contributed by atoms with Crippen molar-refractivity contribution in [3.8, 4) is 0 Å². The Morgan fingerprint density at radius 2 is 1.95 bits per heavy atom. The molecular formula is C17H27N3O2. The lowest BCUT2D eigenvalue weighted by molar-refractivity contribution is 0.0168. The highest BCUT2D eigenvalue weighted by molar-refractivity contribution is 5.95. The van der Waals surface area contributed by atoms with Crippen molar-refractivity contribution < 1.29 is 9.53 Å². The normalized spacial score (nSPS) is 19.5. The topological polar surface area (TPSA) is 45.1 Å². The number of amides is 1. The van der Waals surface area contributed by atoms with Crippen LogP contribution in [0.15, 0.2) is 29.0 Å². The molecule has 5 heteroatoms. The van der Waals surface area contributed by atoms with Crippen LogP contribution in [0.3, 0.4) is 0 Å². The SMILES string of the molecule is CCC1=NC=CCC(N2CCN(C(=O)OC(C)(C)C)CC2)=C1. The van der Waals surface area contributed by atoms with Gasteiger partial charge in [0.1, 0.15) is 5.60 Å². The maximum Gasteiger partial charge on any atom is 0.410 e. The van der Waals surface area contributed by atoms with Gasteiger partial charge in [-0.1, -0.05) is 13.0 Å². The number of carbonyl (C=O) groups is 1. The molecule has 22 heavy (non-hydrogen) atoms. The molecule has 2 heterocycles. The fourth-order valence-electron chi connectivity index (χ4n) is 2.53. The number of hydrogen-bond acceptors (Lipinski definition) is 4. The van der Waals surface area contributed by atoms with Crippen LogP contribution in [-0.4, -0.2) is 53.4 Å². The van der Waals surface area contributed by atoms with E-state index in [9.17, 15) is 4.79 Å². The fourth-order valence-corrected chi connectivity index (χ4v) is 2.53. The van der Waals surface area contributed by atoms with E-state index in [0.717, 1.165) is 31.6 Å². The molecule has 0 bridgehead atoms. The molecule has 0 saturated carbocycles. The Kier molecular flexibility index (Phi) is 5.27. The Labute approximate surface area is 133 Å². The largest absolute Gasteiger partial charge is 0.444 e. The van der Waals surface area contributed by atoms with E-state index in [1.54, 1.807) is 4.90 Å². The Morgan fingerprint density at radius 1 is 1.27 bits per heavy atom. The van der Waals surface area contributed by atoms with Gasteiger partial charge in [0, 0.05) is 50.2 Å². The van der Waals surface area contributed by atoms with Gasteiger partial charge in [0.25, 0.3) is 0 Å². The van der Waals surface area contributed by atoms with Crippen molar-refractivity contribution in [2.45, 2.75) is 46.1 Å². The molecule has 0 unspecified atom stereocenters. The summed E-state index contributed by atoms with van der Waals surface area (Å²) in [4.78, 5) is 20.7. The summed E-state index contributed by atoms with van der Waals surface area (Å²) < 4.78 is 5.44. The van der Waals surface area contributed by atoms with E-state index in [-0.39, 0.29) is 6.09 Å². The molecular weight excluding hydrogens is 278 g/mol. The molecule has 0 aromatic heterocycles. The Morgan fingerprint density at radius 3 is 2.55 bits per heavy atom. The van der Waals surface area contributed by atoms with E-state index in [0.29, 0.717) is 13.1 Å². The quantitative estimate of drug-likeness (QED) is 0.787. The molecule has 0 aliphatic carbocycles. The first kappa shape index (κ1) is 16.6. The third-order valence-corrected chi connectivity index (χ3v) is 3.71. The zero-order valence-electron chi connectivity index (χ0n) is 14.1. The second kappa shape index (κ2) is 6.99. The number of aliphatic imine (C=N–C) groups is 1. The number of ether oxygens (including phenoxy) is 1. The minimum atomic E-state index is -0.435. The lowest BCUT2D eigenvalue weighted by Crippen LogP contribution is -2.49. The van der Waals surface area contributed by atoms with Crippen LogP contribution in [0.5, 0.6) is 0 Å².